The lowest BCUT2D eigenvalue weighted by Gasteiger charge is -2.07. The molecule has 6 heteroatoms. The van der Waals surface area contributed by atoms with Gasteiger partial charge in [0.05, 0.1) is 10.2 Å². The summed E-state index contributed by atoms with van der Waals surface area (Å²) in [6.07, 6.45) is 0. The predicted molar refractivity (Wildman–Crippen MR) is 74.7 cm³/mol. The maximum atomic E-state index is 13.4. The van der Waals surface area contributed by atoms with E-state index in [4.69, 9.17) is 0 Å². The van der Waals surface area contributed by atoms with Gasteiger partial charge in [-0.1, -0.05) is 0 Å². The van der Waals surface area contributed by atoms with Crippen molar-refractivity contribution < 1.29 is 9.18 Å². The monoisotopic (exact) mass is 325 g/mol. The molecular formula is C13H13BrFN3O. The van der Waals surface area contributed by atoms with Crippen molar-refractivity contribution >= 4 is 27.5 Å². The summed E-state index contributed by atoms with van der Waals surface area (Å²) in [7, 11) is 0. The van der Waals surface area contributed by atoms with Crippen molar-refractivity contribution in [3.63, 3.8) is 0 Å². The minimum Gasteiger partial charge on any atom is -0.321 e. The summed E-state index contributed by atoms with van der Waals surface area (Å²) in [5.74, 6) is -0.720. The SMILES string of the molecule is CCn1nc(C)cc1C(=O)Nc1ccc(Br)c(F)c1. The second-order valence-corrected chi connectivity index (χ2v) is 4.92. The Hall–Kier alpha value is -1.69. The molecule has 1 amide bonds. The number of aryl methyl sites for hydroxylation is 2. The third-order valence-corrected chi connectivity index (χ3v) is 3.25. The Bertz CT molecular complexity index is 624. The lowest BCUT2D eigenvalue weighted by molar-refractivity contribution is 0.101. The molecule has 1 N–H and O–H groups in total. The van der Waals surface area contributed by atoms with Crippen molar-refractivity contribution in [1.29, 1.82) is 0 Å². The molecule has 0 spiro atoms. The summed E-state index contributed by atoms with van der Waals surface area (Å²) in [4.78, 5) is 12.1. The molecule has 0 aliphatic carbocycles. The normalized spacial score (nSPS) is 10.5. The number of hydrogen-bond acceptors (Lipinski definition) is 2. The first kappa shape index (κ1) is 13.7. The van der Waals surface area contributed by atoms with E-state index in [1.165, 1.54) is 6.07 Å². The number of nitrogens with zero attached hydrogens (tertiary/aromatic N) is 2. The molecule has 0 atom stereocenters. The number of carbonyl (C=O) groups is 1. The first-order valence-corrected chi connectivity index (χ1v) is 6.61. The van der Waals surface area contributed by atoms with Gasteiger partial charge < -0.3 is 5.32 Å². The van der Waals surface area contributed by atoms with Crippen molar-refractivity contribution in [3.8, 4) is 0 Å². The Morgan fingerprint density at radius 2 is 2.21 bits per heavy atom. The smallest absolute Gasteiger partial charge is 0.273 e. The van der Waals surface area contributed by atoms with E-state index in [0.717, 1.165) is 5.69 Å². The third-order valence-electron chi connectivity index (χ3n) is 2.61. The highest BCUT2D eigenvalue weighted by Crippen LogP contribution is 2.20. The van der Waals surface area contributed by atoms with Gasteiger partial charge >= 0.3 is 0 Å². The summed E-state index contributed by atoms with van der Waals surface area (Å²) in [5, 5.41) is 6.85. The number of nitrogens with one attached hydrogen (secondary N) is 1. The first-order valence-electron chi connectivity index (χ1n) is 5.82. The van der Waals surface area contributed by atoms with Crippen LogP contribution in [0.15, 0.2) is 28.7 Å². The number of halogens is 2. The van der Waals surface area contributed by atoms with Crippen LogP contribution in [0.4, 0.5) is 10.1 Å². The second kappa shape index (κ2) is 5.52. The Morgan fingerprint density at radius 1 is 1.47 bits per heavy atom. The first-order chi connectivity index (χ1) is 9.01. The summed E-state index contributed by atoms with van der Waals surface area (Å²) in [5.41, 5.74) is 1.64. The summed E-state index contributed by atoms with van der Waals surface area (Å²) < 4.78 is 15.3. The van der Waals surface area contributed by atoms with Crippen molar-refractivity contribution in [2.24, 2.45) is 0 Å². The number of carbonyl (C=O) groups excluding carboxylic acids is 1. The van der Waals surface area contributed by atoms with Crippen LogP contribution in [-0.4, -0.2) is 15.7 Å². The third kappa shape index (κ3) is 3.01. The van der Waals surface area contributed by atoms with E-state index in [1.807, 2.05) is 13.8 Å². The van der Waals surface area contributed by atoms with Gasteiger partial charge in [0, 0.05) is 12.2 Å². The molecule has 4 nitrogen and oxygen atoms in total. The van der Waals surface area contributed by atoms with Crippen LogP contribution in [0.5, 0.6) is 0 Å². The van der Waals surface area contributed by atoms with Gasteiger partial charge in [-0.3, -0.25) is 9.48 Å². The number of anilines is 1. The van der Waals surface area contributed by atoms with Gasteiger partial charge in [0.1, 0.15) is 11.5 Å². The highest BCUT2D eigenvalue weighted by atomic mass is 79.9. The van der Waals surface area contributed by atoms with Crippen LogP contribution >= 0.6 is 15.9 Å². The van der Waals surface area contributed by atoms with Gasteiger partial charge in [0.2, 0.25) is 0 Å². The molecule has 1 aromatic carbocycles. The van der Waals surface area contributed by atoms with Gasteiger partial charge in [0.25, 0.3) is 5.91 Å². The topological polar surface area (TPSA) is 46.9 Å². The molecule has 1 heterocycles. The lowest BCUT2D eigenvalue weighted by Crippen LogP contribution is -2.17. The number of amides is 1. The molecule has 1 aromatic heterocycles. The van der Waals surface area contributed by atoms with E-state index in [9.17, 15) is 9.18 Å². The molecule has 0 radical (unpaired) electrons. The maximum absolute atomic E-state index is 13.4. The molecule has 0 saturated carbocycles. The van der Waals surface area contributed by atoms with Crippen LogP contribution < -0.4 is 5.32 Å². The fourth-order valence-corrected chi connectivity index (χ4v) is 1.98. The van der Waals surface area contributed by atoms with Crippen LogP contribution in [-0.2, 0) is 6.54 Å². The zero-order valence-electron chi connectivity index (χ0n) is 10.6. The van der Waals surface area contributed by atoms with Crippen molar-refractivity contribution in [3.05, 3.63) is 45.9 Å². The van der Waals surface area contributed by atoms with E-state index in [2.05, 4.69) is 26.3 Å². The van der Waals surface area contributed by atoms with Gasteiger partial charge in [0.15, 0.2) is 0 Å². The molecule has 0 aliphatic rings. The summed E-state index contributed by atoms with van der Waals surface area (Å²) in [6.45, 7) is 4.33. The number of hydrogen-bond donors (Lipinski definition) is 1. The average molecular weight is 326 g/mol. The molecule has 0 aliphatic heterocycles. The predicted octanol–water partition coefficient (Wildman–Crippen LogP) is 3.37. The summed E-state index contributed by atoms with van der Waals surface area (Å²) in [6, 6.07) is 6.15. The van der Waals surface area contributed by atoms with Crippen molar-refractivity contribution in [1.82, 2.24) is 9.78 Å². The van der Waals surface area contributed by atoms with E-state index >= 15 is 0 Å². The van der Waals surface area contributed by atoms with Crippen molar-refractivity contribution in [2.45, 2.75) is 20.4 Å². The zero-order valence-corrected chi connectivity index (χ0v) is 12.2. The van der Waals surface area contributed by atoms with Crippen LogP contribution in [0.1, 0.15) is 23.1 Å². The zero-order chi connectivity index (χ0) is 14.0. The number of aromatic nitrogens is 2. The molecular weight excluding hydrogens is 313 g/mol. The van der Waals surface area contributed by atoms with E-state index in [0.29, 0.717) is 22.4 Å². The van der Waals surface area contributed by atoms with Crippen molar-refractivity contribution in [2.75, 3.05) is 5.32 Å². The number of benzene rings is 1. The Labute approximate surface area is 118 Å². The molecule has 2 rings (SSSR count). The van der Waals surface area contributed by atoms with Gasteiger partial charge in [-0.05, 0) is 54.0 Å². The highest BCUT2D eigenvalue weighted by Gasteiger charge is 2.13. The fourth-order valence-electron chi connectivity index (χ4n) is 1.74. The van der Waals surface area contributed by atoms with E-state index in [1.54, 1.807) is 22.9 Å². The lowest BCUT2D eigenvalue weighted by atomic mass is 10.3. The number of rotatable bonds is 3. The molecule has 19 heavy (non-hydrogen) atoms. The standard InChI is InChI=1S/C13H13BrFN3O/c1-3-18-12(6-8(2)17-18)13(19)16-9-4-5-10(14)11(15)7-9/h4-7H,3H2,1-2H3,(H,16,19). The molecule has 2 aromatic rings. The molecule has 0 bridgehead atoms. The van der Waals surface area contributed by atoms with Crippen LogP contribution in [0.2, 0.25) is 0 Å². The Kier molecular flexibility index (Phi) is 3.99. The van der Waals surface area contributed by atoms with E-state index in [-0.39, 0.29) is 5.91 Å². The molecule has 0 fully saturated rings. The Morgan fingerprint density at radius 3 is 2.84 bits per heavy atom. The van der Waals surface area contributed by atoms with Crippen LogP contribution in [0.3, 0.4) is 0 Å². The average Bonchev–Trinajstić information content (AvgIpc) is 2.75. The van der Waals surface area contributed by atoms with Gasteiger partial charge in [-0.25, -0.2) is 4.39 Å². The van der Waals surface area contributed by atoms with Crippen LogP contribution in [0.25, 0.3) is 0 Å². The largest absolute Gasteiger partial charge is 0.321 e. The quantitative estimate of drug-likeness (QED) is 0.940. The fraction of sp³-hybridized carbons (Fsp3) is 0.231. The minimum atomic E-state index is -0.419. The summed E-state index contributed by atoms with van der Waals surface area (Å²) >= 11 is 3.06. The van der Waals surface area contributed by atoms with E-state index < -0.39 is 5.82 Å². The maximum Gasteiger partial charge on any atom is 0.273 e. The molecule has 0 unspecified atom stereocenters. The second-order valence-electron chi connectivity index (χ2n) is 4.07. The molecule has 0 saturated heterocycles. The molecule has 100 valence electrons. The van der Waals surface area contributed by atoms with Crippen LogP contribution in [0, 0.1) is 12.7 Å². The highest BCUT2D eigenvalue weighted by molar-refractivity contribution is 9.10. The Balaban J connectivity index is 2.22. The van der Waals surface area contributed by atoms with Gasteiger partial charge in [-0.2, -0.15) is 5.10 Å². The minimum absolute atomic E-state index is 0.302. The van der Waals surface area contributed by atoms with Gasteiger partial charge in [-0.15, -0.1) is 0 Å².